The molecule has 2 N–H and O–H groups in total. The first-order chi connectivity index (χ1) is 16.3. The molecule has 1 aliphatic heterocycles. The van der Waals surface area contributed by atoms with E-state index in [-0.39, 0.29) is 0 Å². The van der Waals surface area contributed by atoms with Crippen molar-refractivity contribution in [3.63, 3.8) is 0 Å². The van der Waals surface area contributed by atoms with Gasteiger partial charge in [0.25, 0.3) is 0 Å². The van der Waals surface area contributed by atoms with Gasteiger partial charge in [0, 0.05) is 5.56 Å². The van der Waals surface area contributed by atoms with Crippen molar-refractivity contribution < 1.29 is 46.3 Å². The van der Waals surface area contributed by atoms with Crippen LogP contribution in [-0.2, 0) is 35.7 Å². The van der Waals surface area contributed by atoms with Crippen LogP contribution in [0.3, 0.4) is 0 Å². The van der Waals surface area contributed by atoms with Gasteiger partial charge >= 0.3 is 16.3 Å². The molecule has 0 bridgehead atoms. The van der Waals surface area contributed by atoms with Gasteiger partial charge in [-0.15, -0.1) is 0 Å². The first-order valence-electron chi connectivity index (χ1n) is 11.2. The van der Waals surface area contributed by atoms with Gasteiger partial charge in [-0.3, -0.25) is 4.79 Å². The molecule has 0 unspecified atom stereocenters. The van der Waals surface area contributed by atoms with Gasteiger partial charge in [-0.25, -0.2) is 0 Å². The zero-order valence-electron chi connectivity index (χ0n) is 21.5. The highest BCUT2D eigenvalue weighted by atomic mass is 32.2. The van der Waals surface area contributed by atoms with Crippen molar-refractivity contribution in [1.82, 2.24) is 0 Å². The number of ketones is 1. The summed E-state index contributed by atoms with van der Waals surface area (Å²) in [4.78, 5) is 12.8. The Labute approximate surface area is 169 Å². The van der Waals surface area contributed by atoms with Crippen LogP contribution in [-0.4, -0.2) is 14.2 Å². The minimum absolute atomic E-state index is 0.493. The second-order valence-corrected chi connectivity index (χ2v) is 6.45. The number of alkyl halides is 3. The third-order valence-corrected chi connectivity index (χ3v) is 4.08. The maximum Gasteiger partial charge on any atom is 0.416 e. The summed E-state index contributed by atoms with van der Waals surface area (Å²) in [6.45, 7) is 0. The smallest absolute Gasteiger partial charge is 0.416 e. The summed E-state index contributed by atoms with van der Waals surface area (Å²) < 4.78 is 136. The van der Waals surface area contributed by atoms with Crippen LogP contribution < -0.4 is 5.73 Å². The molecule has 1 aliphatic rings. The molecule has 3 rings (SSSR count). The molecule has 148 valence electrons. The van der Waals surface area contributed by atoms with E-state index in [1.165, 1.54) is 0 Å². The van der Waals surface area contributed by atoms with Crippen LogP contribution >= 0.6 is 0 Å². The number of halogens is 3. The average Bonchev–Trinajstić information content (AvgIpc) is 2.99. The Balaban J connectivity index is 2.00. The lowest BCUT2D eigenvalue weighted by Gasteiger charge is -2.12. The monoisotopic (exact) mass is 421 g/mol. The van der Waals surface area contributed by atoms with Crippen LogP contribution in [0.1, 0.15) is 33.7 Å². The molecule has 6 nitrogen and oxygen atoms in total. The highest BCUT2D eigenvalue weighted by molar-refractivity contribution is 7.86. The van der Waals surface area contributed by atoms with Gasteiger partial charge in [-0.05, 0) is 17.7 Å². The summed E-state index contributed by atoms with van der Waals surface area (Å²) >= 11 is 0. The van der Waals surface area contributed by atoms with E-state index in [1.807, 2.05) is 0 Å². The minimum atomic E-state index is -5.72. The van der Waals surface area contributed by atoms with E-state index in [1.54, 1.807) is 0 Å². The van der Waals surface area contributed by atoms with Crippen molar-refractivity contribution in [3.05, 3.63) is 82.8 Å². The molecule has 0 spiro atoms. The molecule has 0 saturated heterocycles. The van der Waals surface area contributed by atoms with Crippen molar-refractivity contribution in [3.8, 4) is 0 Å². The van der Waals surface area contributed by atoms with E-state index in [0.29, 0.717) is 24.3 Å². The van der Waals surface area contributed by atoms with Crippen molar-refractivity contribution in [2.75, 3.05) is 0 Å². The molecule has 28 heavy (non-hydrogen) atoms. The van der Waals surface area contributed by atoms with Gasteiger partial charge in [0.15, 0.2) is 6.08 Å². The number of Topliss-reactive ketones (excluding diaryl/α,β-unsaturated/α-hetero) is 1. The number of hydrogen-bond donors (Lipinski definition) is 1. The van der Waals surface area contributed by atoms with Crippen LogP contribution in [0.2, 0.25) is 0 Å². The number of nitrogens with two attached hydrogens (primary N) is 1. The highest BCUT2D eigenvalue weighted by Gasteiger charge is 2.40. The molecule has 0 aromatic heterocycles. The van der Waals surface area contributed by atoms with Crippen LogP contribution in [0.25, 0.3) is 0 Å². The zero-order valence-corrected chi connectivity index (χ0v) is 14.3. The lowest BCUT2D eigenvalue weighted by molar-refractivity contribution is -0.137. The standard InChI is InChI=1S/C18H14F3NO5S/c19-18(20,21)13-8-6-12(7-9-13)15-14(23)16(17(22)26-15)27-28(24,25)10-11-4-2-1-3-5-11/h1-9,15H,10,22H2/t15-/m1/s1/i1D,2D,3D,4D,5D,10D2,15D. The summed E-state index contributed by atoms with van der Waals surface area (Å²) in [6.07, 6.45) is -7.62. The molecule has 10 heteroatoms. The lowest BCUT2D eigenvalue weighted by atomic mass is 10.0. The Kier molecular flexibility index (Phi) is 3.02. The molecule has 0 radical (unpaired) electrons. The molecule has 0 amide bonds. The molecule has 2 aromatic rings. The third kappa shape index (κ3) is 4.28. The van der Waals surface area contributed by atoms with E-state index >= 15 is 0 Å². The maximum atomic E-state index is 12.8. The molecular formula is C18H14F3NO5S. The first kappa shape index (κ1) is 11.7. The van der Waals surface area contributed by atoms with E-state index in [2.05, 4.69) is 4.18 Å². The molecule has 1 atom stereocenters. The van der Waals surface area contributed by atoms with Gasteiger partial charge in [-0.1, -0.05) is 42.3 Å². The van der Waals surface area contributed by atoms with Gasteiger partial charge in [-0.2, -0.15) is 21.6 Å². The van der Waals surface area contributed by atoms with E-state index < -0.39 is 92.4 Å². The number of hydrogen-bond acceptors (Lipinski definition) is 6. The fourth-order valence-electron chi connectivity index (χ4n) is 2.05. The fraction of sp³-hybridized carbons (Fsp3) is 0.167. The second-order valence-electron chi connectivity index (χ2n) is 5.17. The predicted octanol–water partition coefficient (Wildman–Crippen LogP) is 3.02. The summed E-state index contributed by atoms with van der Waals surface area (Å²) in [7, 11) is -5.72. The summed E-state index contributed by atoms with van der Waals surface area (Å²) in [5.41, 5.74) is -1.30. The zero-order chi connectivity index (χ0) is 27.6. The fourth-order valence-corrected chi connectivity index (χ4v) is 2.82. The van der Waals surface area contributed by atoms with Gasteiger partial charge < -0.3 is 14.7 Å². The summed E-state index contributed by atoms with van der Waals surface area (Å²) in [6, 6.07) is -2.93. The molecule has 2 aromatic carbocycles. The molecular weight excluding hydrogens is 399 g/mol. The van der Waals surface area contributed by atoms with E-state index in [4.69, 9.17) is 21.4 Å². The predicted molar refractivity (Wildman–Crippen MR) is 91.6 cm³/mol. The van der Waals surface area contributed by atoms with Crippen molar-refractivity contribution in [2.24, 2.45) is 5.73 Å². The highest BCUT2D eigenvalue weighted by Crippen LogP contribution is 2.35. The van der Waals surface area contributed by atoms with Crippen LogP contribution in [0.15, 0.2) is 66.1 Å². The molecule has 1 heterocycles. The normalized spacial score (nSPS) is 24.8. The number of carbonyl (C=O) groups is 1. The quantitative estimate of drug-likeness (QED) is 0.746. The molecule has 0 fully saturated rings. The number of rotatable bonds is 5. The number of benzene rings is 2. The third-order valence-electron chi connectivity index (χ3n) is 3.24. The van der Waals surface area contributed by atoms with Crippen LogP contribution in [0.5, 0.6) is 0 Å². The van der Waals surface area contributed by atoms with Crippen molar-refractivity contribution >= 4 is 15.9 Å². The van der Waals surface area contributed by atoms with Crippen molar-refractivity contribution in [1.29, 1.82) is 0 Å². The Hall–Kier alpha value is -3.01. The Bertz CT molecular complexity index is 1380. The number of ether oxygens (including phenoxy) is 1. The topological polar surface area (TPSA) is 95.7 Å². The molecule has 0 saturated carbocycles. The average molecular weight is 421 g/mol. The molecule has 0 aliphatic carbocycles. The number of carbonyl (C=O) groups excluding carboxylic acids is 1. The maximum absolute atomic E-state index is 12.8. The second kappa shape index (κ2) is 7.19. The Morgan fingerprint density at radius 1 is 1.21 bits per heavy atom. The summed E-state index contributed by atoms with van der Waals surface area (Å²) in [5.74, 6) is -4.11. The lowest BCUT2D eigenvalue weighted by Crippen LogP contribution is -2.16. The Morgan fingerprint density at radius 2 is 1.82 bits per heavy atom. The minimum Gasteiger partial charge on any atom is -0.460 e. The van der Waals surface area contributed by atoms with Gasteiger partial charge in [0.05, 0.1) is 16.5 Å². The van der Waals surface area contributed by atoms with E-state index in [9.17, 15) is 26.4 Å². The Morgan fingerprint density at radius 3 is 2.39 bits per heavy atom. The van der Waals surface area contributed by atoms with Gasteiger partial charge in [0.1, 0.15) is 5.70 Å². The SMILES string of the molecule is [2H]c1c([2H])c([2H])c(C([2H])([2H])S(=O)(=O)OC2=C(N)O[C@]([2H])(c3ccc(C(F)(F)F)cc3)C2=O)c([2H])c1[2H]. The van der Waals surface area contributed by atoms with E-state index in [0.717, 1.165) is 0 Å². The first-order valence-corrected chi connectivity index (χ1v) is 8.61. The van der Waals surface area contributed by atoms with Gasteiger partial charge in [0.2, 0.25) is 17.4 Å². The van der Waals surface area contributed by atoms with Crippen LogP contribution in [0, 0.1) is 0 Å². The van der Waals surface area contributed by atoms with Crippen molar-refractivity contribution in [2.45, 2.75) is 18.0 Å². The largest absolute Gasteiger partial charge is 0.460 e. The summed E-state index contributed by atoms with van der Waals surface area (Å²) in [5, 5.41) is 0. The van der Waals surface area contributed by atoms with Crippen LogP contribution in [0.4, 0.5) is 13.2 Å².